The van der Waals surface area contributed by atoms with E-state index in [1.54, 1.807) is 19.2 Å². The lowest BCUT2D eigenvalue weighted by Crippen LogP contribution is -2.23. The molecule has 0 aliphatic rings. The third-order valence-electron chi connectivity index (χ3n) is 3.18. The fraction of sp³-hybridized carbons (Fsp3) is 0.467. The zero-order valence-electron chi connectivity index (χ0n) is 13.5. The van der Waals surface area contributed by atoms with Gasteiger partial charge in [-0.15, -0.1) is 0 Å². The number of aromatic nitrogens is 3. The van der Waals surface area contributed by atoms with Gasteiger partial charge >= 0.3 is 5.97 Å². The maximum atomic E-state index is 11.5. The molecule has 0 atom stereocenters. The molecule has 2 heterocycles. The molecule has 8 heteroatoms. The second-order valence-corrected chi connectivity index (χ2v) is 4.85. The SMILES string of the molecule is CCN(Cc1cccc(C(=O)OC)n1)Cc1nc(COC)no1. The van der Waals surface area contributed by atoms with Crippen molar-refractivity contribution in [2.45, 2.75) is 26.6 Å². The molecule has 0 amide bonds. The topological polar surface area (TPSA) is 90.6 Å². The van der Waals surface area contributed by atoms with E-state index in [0.29, 0.717) is 37.1 Å². The van der Waals surface area contributed by atoms with Gasteiger partial charge in [0.2, 0.25) is 5.89 Å². The largest absolute Gasteiger partial charge is 0.464 e. The van der Waals surface area contributed by atoms with Crippen LogP contribution in [0.3, 0.4) is 0 Å². The van der Waals surface area contributed by atoms with Crippen molar-refractivity contribution in [1.29, 1.82) is 0 Å². The van der Waals surface area contributed by atoms with Crippen LogP contribution in [-0.4, -0.2) is 46.8 Å². The number of pyridine rings is 1. The lowest BCUT2D eigenvalue weighted by atomic mass is 10.3. The summed E-state index contributed by atoms with van der Waals surface area (Å²) in [6.45, 7) is 4.17. The monoisotopic (exact) mass is 320 g/mol. The summed E-state index contributed by atoms with van der Waals surface area (Å²) >= 11 is 0. The molecule has 2 rings (SSSR count). The maximum absolute atomic E-state index is 11.5. The van der Waals surface area contributed by atoms with E-state index in [4.69, 9.17) is 9.26 Å². The summed E-state index contributed by atoms with van der Waals surface area (Å²) in [6.07, 6.45) is 0. The first kappa shape index (κ1) is 17.0. The number of esters is 1. The Hall–Kier alpha value is -2.32. The van der Waals surface area contributed by atoms with Gasteiger partial charge in [0.05, 0.1) is 19.3 Å². The molecule has 0 unspecified atom stereocenters. The third-order valence-corrected chi connectivity index (χ3v) is 3.18. The van der Waals surface area contributed by atoms with Crippen LogP contribution in [0.5, 0.6) is 0 Å². The molecule has 0 bridgehead atoms. The molecule has 0 fully saturated rings. The summed E-state index contributed by atoms with van der Waals surface area (Å²) in [5.74, 6) is 0.586. The molecule has 0 saturated carbocycles. The van der Waals surface area contributed by atoms with Gasteiger partial charge in [0.15, 0.2) is 5.82 Å². The van der Waals surface area contributed by atoms with Crippen molar-refractivity contribution in [3.05, 3.63) is 41.3 Å². The van der Waals surface area contributed by atoms with E-state index < -0.39 is 5.97 Å². The van der Waals surface area contributed by atoms with Gasteiger partial charge in [0, 0.05) is 13.7 Å². The first-order chi connectivity index (χ1) is 11.2. The molecule has 0 aliphatic heterocycles. The van der Waals surface area contributed by atoms with E-state index in [0.717, 1.165) is 12.2 Å². The molecule has 8 nitrogen and oxygen atoms in total. The van der Waals surface area contributed by atoms with Gasteiger partial charge < -0.3 is 14.0 Å². The fourth-order valence-electron chi connectivity index (χ4n) is 2.03. The smallest absolute Gasteiger partial charge is 0.356 e. The zero-order valence-corrected chi connectivity index (χ0v) is 13.5. The first-order valence-corrected chi connectivity index (χ1v) is 7.23. The van der Waals surface area contributed by atoms with Crippen LogP contribution in [0.15, 0.2) is 22.7 Å². The zero-order chi connectivity index (χ0) is 16.7. The molecule has 124 valence electrons. The van der Waals surface area contributed by atoms with Crippen molar-refractivity contribution >= 4 is 5.97 Å². The Bertz CT molecular complexity index is 644. The Balaban J connectivity index is 2.02. The first-order valence-electron chi connectivity index (χ1n) is 7.23. The molecule has 0 spiro atoms. The van der Waals surface area contributed by atoms with Crippen molar-refractivity contribution < 1.29 is 18.8 Å². The number of nitrogens with zero attached hydrogens (tertiary/aromatic N) is 4. The molecule has 2 aromatic rings. The Kier molecular flexibility index (Phi) is 6.19. The van der Waals surface area contributed by atoms with Crippen LogP contribution < -0.4 is 0 Å². The van der Waals surface area contributed by atoms with E-state index >= 15 is 0 Å². The summed E-state index contributed by atoms with van der Waals surface area (Å²) in [4.78, 5) is 22.2. The fourth-order valence-corrected chi connectivity index (χ4v) is 2.03. The maximum Gasteiger partial charge on any atom is 0.356 e. The average Bonchev–Trinajstić information content (AvgIpc) is 3.01. The van der Waals surface area contributed by atoms with Gasteiger partial charge in [-0.2, -0.15) is 4.98 Å². The normalized spacial score (nSPS) is 11.0. The molecule has 2 aromatic heterocycles. The molecule has 0 radical (unpaired) electrons. The van der Waals surface area contributed by atoms with Crippen molar-refractivity contribution in [3.63, 3.8) is 0 Å². The Labute approximate surface area is 134 Å². The van der Waals surface area contributed by atoms with Gasteiger partial charge in [-0.3, -0.25) is 4.90 Å². The molecule has 0 N–H and O–H groups in total. The standard InChI is InChI=1S/C15H20N4O4/c1-4-19(9-14-17-13(10-21-2)18-23-14)8-11-6-5-7-12(16-11)15(20)22-3/h5-7H,4,8-10H2,1-3H3. The average molecular weight is 320 g/mol. The predicted molar refractivity (Wildman–Crippen MR) is 80.4 cm³/mol. The highest BCUT2D eigenvalue weighted by atomic mass is 16.5. The van der Waals surface area contributed by atoms with E-state index in [1.807, 2.05) is 13.0 Å². The summed E-state index contributed by atoms with van der Waals surface area (Å²) in [6, 6.07) is 5.27. The summed E-state index contributed by atoms with van der Waals surface area (Å²) in [5, 5.41) is 3.83. The van der Waals surface area contributed by atoms with Gasteiger partial charge in [0.1, 0.15) is 12.3 Å². The Morgan fingerprint density at radius 2 is 2.09 bits per heavy atom. The lowest BCUT2D eigenvalue weighted by molar-refractivity contribution is 0.0593. The van der Waals surface area contributed by atoms with Crippen LogP contribution in [0.25, 0.3) is 0 Å². The van der Waals surface area contributed by atoms with Gasteiger partial charge in [0.25, 0.3) is 0 Å². The minimum atomic E-state index is -0.448. The minimum absolute atomic E-state index is 0.293. The van der Waals surface area contributed by atoms with Crippen molar-refractivity contribution in [3.8, 4) is 0 Å². The van der Waals surface area contributed by atoms with Crippen molar-refractivity contribution in [2.75, 3.05) is 20.8 Å². The minimum Gasteiger partial charge on any atom is -0.464 e. The third kappa shape index (κ3) is 4.83. The summed E-state index contributed by atoms with van der Waals surface area (Å²) < 4.78 is 14.8. The van der Waals surface area contributed by atoms with Crippen molar-refractivity contribution in [1.82, 2.24) is 20.0 Å². The summed E-state index contributed by atoms with van der Waals surface area (Å²) in [5.41, 5.74) is 1.06. The van der Waals surface area contributed by atoms with Gasteiger partial charge in [-0.25, -0.2) is 9.78 Å². The van der Waals surface area contributed by atoms with Crippen LogP contribution in [0, 0.1) is 0 Å². The number of hydrogen-bond acceptors (Lipinski definition) is 8. The van der Waals surface area contributed by atoms with E-state index in [-0.39, 0.29) is 0 Å². The second kappa shape index (κ2) is 8.35. The highest BCUT2D eigenvalue weighted by Crippen LogP contribution is 2.09. The Morgan fingerprint density at radius 3 is 2.78 bits per heavy atom. The highest BCUT2D eigenvalue weighted by molar-refractivity contribution is 5.87. The highest BCUT2D eigenvalue weighted by Gasteiger charge is 2.13. The van der Waals surface area contributed by atoms with Crippen LogP contribution in [0.4, 0.5) is 0 Å². The number of rotatable bonds is 8. The van der Waals surface area contributed by atoms with Crippen LogP contribution in [-0.2, 0) is 29.2 Å². The number of carbonyl (C=O) groups is 1. The molecule has 0 aromatic carbocycles. The molecule has 23 heavy (non-hydrogen) atoms. The molecule has 0 saturated heterocycles. The number of carbonyl (C=O) groups excluding carboxylic acids is 1. The van der Waals surface area contributed by atoms with Gasteiger partial charge in [-0.05, 0) is 18.7 Å². The van der Waals surface area contributed by atoms with Crippen molar-refractivity contribution in [2.24, 2.45) is 0 Å². The molecule has 0 aliphatic carbocycles. The second-order valence-electron chi connectivity index (χ2n) is 4.85. The quantitative estimate of drug-likeness (QED) is 0.675. The predicted octanol–water partition coefficient (Wildman–Crippen LogP) is 1.42. The van der Waals surface area contributed by atoms with E-state index in [1.165, 1.54) is 7.11 Å². The molecular formula is C15H20N4O4. The summed E-state index contributed by atoms with van der Waals surface area (Å²) in [7, 11) is 2.91. The number of ether oxygens (including phenoxy) is 2. The molecular weight excluding hydrogens is 300 g/mol. The van der Waals surface area contributed by atoms with Crippen LogP contribution >= 0.6 is 0 Å². The van der Waals surface area contributed by atoms with E-state index in [2.05, 4.69) is 24.8 Å². The van der Waals surface area contributed by atoms with Crippen LogP contribution in [0.1, 0.15) is 34.8 Å². The van der Waals surface area contributed by atoms with E-state index in [9.17, 15) is 4.79 Å². The number of methoxy groups -OCH3 is 2. The van der Waals surface area contributed by atoms with Crippen LogP contribution in [0.2, 0.25) is 0 Å². The Morgan fingerprint density at radius 1 is 1.26 bits per heavy atom. The lowest BCUT2D eigenvalue weighted by Gasteiger charge is -2.17. The number of hydrogen-bond donors (Lipinski definition) is 0. The van der Waals surface area contributed by atoms with Gasteiger partial charge in [-0.1, -0.05) is 18.1 Å².